The van der Waals surface area contributed by atoms with E-state index in [1.807, 2.05) is 54.6 Å². The van der Waals surface area contributed by atoms with Crippen molar-refractivity contribution in [3.05, 3.63) is 65.7 Å². The molecule has 0 N–H and O–H groups in total. The Morgan fingerprint density at radius 1 is 0.920 bits per heavy atom. The molecule has 1 aliphatic rings. The van der Waals surface area contributed by atoms with Gasteiger partial charge in [0.25, 0.3) is 0 Å². The molecule has 1 heterocycles. The number of ether oxygens (including phenoxy) is 1. The van der Waals surface area contributed by atoms with Crippen LogP contribution in [-0.4, -0.2) is 62.0 Å². The molecular weight excluding hydrogens is 380 g/mol. The van der Waals surface area contributed by atoms with Gasteiger partial charge in [-0.05, 0) is 31.3 Å². The van der Waals surface area contributed by atoms with Gasteiger partial charge in [0.15, 0.2) is 5.78 Å². The number of carbonyl (C=O) groups is 1. The van der Waals surface area contributed by atoms with E-state index >= 15 is 0 Å². The molecule has 0 aromatic heterocycles. The number of benzene rings is 2. The maximum Gasteiger partial charge on any atom is 0.193 e. The van der Waals surface area contributed by atoms with Crippen LogP contribution in [0.4, 0.5) is 0 Å². The van der Waals surface area contributed by atoms with Crippen molar-refractivity contribution in [1.82, 2.24) is 9.80 Å². The molecule has 134 valence electrons. The van der Waals surface area contributed by atoms with Crippen molar-refractivity contribution >= 4 is 22.8 Å². The number of hydrogen-bond acceptors (Lipinski definition) is 4. The van der Waals surface area contributed by atoms with Crippen LogP contribution in [0.3, 0.4) is 0 Å². The molecule has 25 heavy (non-hydrogen) atoms. The average Bonchev–Trinajstić information content (AvgIpc) is 2.64. The summed E-state index contributed by atoms with van der Waals surface area (Å²) in [7, 11) is 2.16. The molecule has 0 atom stereocenters. The summed E-state index contributed by atoms with van der Waals surface area (Å²) >= 11 is 0. The molecule has 0 spiro atoms. The minimum absolute atomic E-state index is 0. The zero-order valence-corrected chi connectivity index (χ0v) is 16.3. The summed E-state index contributed by atoms with van der Waals surface area (Å²) in [4.78, 5) is 17.1. The second-order valence-electron chi connectivity index (χ2n) is 6.21. The van der Waals surface area contributed by atoms with Crippen molar-refractivity contribution in [3.63, 3.8) is 0 Å². The molecule has 0 saturated carbocycles. The summed E-state index contributed by atoms with van der Waals surface area (Å²) in [6.45, 7) is 6.07. The van der Waals surface area contributed by atoms with E-state index < -0.39 is 0 Å². The van der Waals surface area contributed by atoms with Crippen molar-refractivity contribution in [3.8, 4) is 5.75 Å². The predicted molar refractivity (Wildman–Crippen MR) is 106 cm³/mol. The minimum Gasteiger partial charge on any atom is -0.492 e. The normalized spacial score (nSPS) is 15.4. The molecule has 2 aromatic rings. The first-order valence-electron chi connectivity index (χ1n) is 8.46. The van der Waals surface area contributed by atoms with Crippen LogP contribution < -0.4 is 4.74 Å². The van der Waals surface area contributed by atoms with E-state index in [0.717, 1.165) is 38.5 Å². The van der Waals surface area contributed by atoms with Crippen molar-refractivity contribution in [1.29, 1.82) is 0 Å². The number of hydrogen-bond donors (Lipinski definition) is 0. The Morgan fingerprint density at radius 2 is 1.52 bits per heavy atom. The van der Waals surface area contributed by atoms with E-state index in [9.17, 15) is 4.79 Å². The highest BCUT2D eigenvalue weighted by Crippen LogP contribution is 2.15. The van der Waals surface area contributed by atoms with Gasteiger partial charge in [-0.15, -0.1) is 17.0 Å². The fraction of sp³-hybridized carbons (Fsp3) is 0.350. The summed E-state index contributed by atoms with van der Waals surface area (Å²) in [5, 5.41) is 0. The van der Waals surface area contributed by atoms with E-state index in [2.05, 4.69) is 16.8 Å². The molecule has 0 radical (unpaired) electrons. The molecule has 4 nitrogen and oxygen atoms in total. The predicted octanol–water partition coefficient (Wildman–Crippen LogP) is 3.12. The van der Waals surface area contributed by atoms with Crippen LogP contribution in [0.5, 0.6) is 5.75 Å². The van der Waals surface area contributed by atoms with Gasteiger partial charge < -0.3 is 9.64 Å². The largest absolute Gasteiger partial charge is 0.492 e. The Labute approximate surface area is 160 Å². The van der Waals surface area contributed by atoms with E-state index in [4.69, 9.17) is 4.74 Å². The number of halogens is 1. The lowest BCUT2D eigenvalue weighted by Gasteiger charge is -2.32. The Hall–Kier alpha value is -1.69. The van der Waals surface area contributed by atoms with Gasteiger partial charge in [0, 0.05) is 43.9 Å². The third-order valence-corrected chi connectivity index (χ3v) is 4.42. The number of ketones is 1. The highest BCUT2D eigenvalue weighted by Gasteiger charge is 2.13. The van der Waals surface area contributed by atoms with Crippen LogP contribution >= 0.6 is 17.0 Å². The molecule has 1 fully saturated rings. The molecule has 3 rings (SSSR count). The first-order valence-corrected chi connectivity index (χ1v) is 8.46. The molecule has 2 aromatic carbocycles. The van der Waals surface area contributed by atoms with Gasteiger partial charge in [0.1, 0.15) is 12.4 Å². The Balaban J connectivity index is 0.00000225. The molecule has 0 aliphatic carbocycles. The lowest BCUT2D eigenvalue weighted by atomic mass is 10.0. The maximum atomic E-state index is 12.4. The topological polar surface area (TPSA) is 32.8 Å². The van der Waals surface area contributed by atoms with Gasteiger partial charge in [0.2, 0.25) is 0 Å². The number of piperazine rings is 1. The van der Waals surface area contributed by atoms with E-state index in [0.29, 0.717) is 17.7 Å². The highest BCUT2D eigenvalue weighted by molar-refractivity contribution is 8.93. The molecule has 1 aliphatic heterocycles. The zero-order valence-electron chi connectivity index (χ0n) is 14.6. The first kappa shape index (κ1) is 19.6. The Morgan fingerprint density at radius 3 is 2.16 bits per heavy atom. The number of carbonyl (C=O) groups excluding carboxylic acids is 1. The second-order valence-corrected chi connectivity index (χ2v) is 6.21. The molecule has 5 heteroatoms. The molecule has 1 saturated heterocycles. The first-order chi connectivity index (χ1) is 11.7. The Bertz CT molecular complexity index is 653. The fourth-order valence-electron chi connectivity index (χ4n) is 2.82. The van der Waals surface area contributed by atoms with Crippen molar-refractivity contribution in [2.45, 2.75) is 0 Å². The second kappa shape index (κ2) is 9.70. The minimum atomic E-state index is 0. The van der Waals surface area contributed by atoms with E-state index in [1.54, 1.807) is 0 Å². The number of nitrogens with zero attached hydrogens (tertiary/aromatic N) is 2. The van der Waals surface area contributed by atoms with E-state index in [-0.39, 0.29) is 22.8 Å². The lowest BCUT2D eigenvalue weighted by molar-refractivity contribution is 0.103. The highest BCUT2D eigenvalue weighted by atomic mass is 79.9. The molecule has 0 bridgehead atoms. The number of rotatable bonds is 6. The van der Waals surface area contributed by atoms with Crippen LogP contribution in [0.25, 0.3) is 0 Å². The summed E-state index contributed by atoms with van der Waals surface area (Å²) < 4.78 is 5.81. The van der Waals surface area contributed by atoms with Gasteiger partial charge in [-0.2, -0.15) is 0 Å². The van der Waals surface area contributed by atoms with Crippen LogP contribution in [0, 0.1) is 0 Å². The number of likely N-dealkylation sites (N-methyl/N-ethyl adjacent to an activating group) is 1. The van der Waals surface area contributed by atoms with Crippen LogP contribution in [0.15, 0.2) is 54.6 Å². The summed E-state index contributed by atoms with van der Waals surface area (Å²) in [6.07, 6.45) is 0. The standard InChI is InChI=1S/C20H24N2O2.BrH/c1-21-11-13-22(14-12-21)15-16-24-19-9-7-18(8-10-19)20(23)17-5-3-2-4-6-17;/h2-10H,11-16H2,1H3;1H. The van der Waals surface area contributed by atoms with Gasteiger partial charge in [-0.3, -0.25) is 9.69 Å². The van der Waals surface area contributed by atoms with Gasteiger partial charge in [0.05, 0.1) is 0 Å². The van der Waals surface area contributed by atoms with Gasteiger partial charge in [-0.25, -0.2) is 0 Å². The lowest BCUT2D eigenvalue weighted by Crippen LogP contribution is -2.45. The Kier molecular flexibility index (Phi) is 7.62. The van der Waals surface area contributed by atoms with Crippen molar-refractivity contribution in [2.75, 3.05) is 46.4 Å². The zero-order chi connectivity index (χ0) is 16.8. The maximum absolute atomic E-state index is 12.4. The van der Waals surface area contributed by atoms with E-state index in [1.165, 1.54) is 0 Å². The molecule has 0 unspecified atom stereocenters. The smallest absolute Gasteiger partial charge is 0.193 e. The SMILES string of the molecule is Br.CN1CCN(CCOc2ccc(C(=O)c3ccccc3)cc2)CC1. The van der Waals surface area contributed by atoms with Crippen molar-refractivity contribution < 1.29 is 9.53 Å². The summed E-state index contributed by atoms with van der Waals surface area (Å²) in [6, 6.07) is 16.8. The van der Waals surface area contributed by atoms with Gasteiger partial charge in [-0.1, -0.05) is 30.3 Å². The summed E-state index contributed by atoms with van der Waals surface area (Å²) in [5.74, 6) is 0.855. The molecular formula is C20H25BrN2O2. The van der Waals surface area contributed by atoms with Crippen LogP contribution in [-0.2, 0) is 0 Å². The molecule has 0 amide bonds. The quantitative estimate of drug-likeness (QED) is 0.692. The monoisotopic (exact) mass is 404 g/mol. The van der Waals surface area contributed by atoms with Gasteiger partial charge >= 0.3 is 0 Å². The van der Waals surface area contributed by atoms with Crippen LogP contribution in [0.2, 0.25) is 0 Å². The average molecular weight is 405 g/mol. The van der Waals surface area contributed by atoms with Crippen molar-refractivity contribution in [2.24, 2.45) is 0 Å². The fourth-order valence-corrected chi connectivity index (χ4v) is 2.82. The van der Waals surface area contributed by atoms with Crippen LogP contribution in [0.1, 0.15) is 15.9 Å². The third kappa shape index (κ3) is 5.66. The third-order valence-electron chi connectivity index (χ3n) is 4.42. The summed E-state index contributed by atoms with van der Waals surface area (Å²) in [5.41, 5.74) is 1.40.